The largest absolute Gasteiger partial charge is 0.381 e. The van der Waals surface area contributed by atoms with Gasteiger partial charge in [0.15, 0.2) is 0 Å². The molecule has 1 aromatic rings. The molecule has 0 amide bonds. The first-order valence-electron chi connectivity index (χ1n) is 7.80. The van der Waals surface area contributed by atoms with Crippen molar-refractivity contribution in [2.24, 2.45) is 0 Å². The SMILES string of the molecule is CC(C)c1ccc(C2CCOC2)c(N2CCNCC2)n1. The highest BCUT2D eigenvalue weighted by atomic mass is 16.5. The zero-order chi connectivity index (χ0) is 13.9. The monoisotopic (exact) mass is 275 g/mol. The van der Waals surface area contributed by atoms with Gasteiger partial charge >= 0.3 is 0 Å². The fraction of sp³-hybridized carbons (Fsp3) is 0.688. The number of nitrogens with zero attached hydrogens (tertiary/aromatic N) is 2. The van der Waals surface area contributed by atoms with E-state index in [0.717, 1.165) is 45.8 Å². The number of piperazine rings is 1. The quantitative estimate of drug-likeness (QED) is 0.917. The molecule has 3 rings (SSSR count). The van der Waals surface area contributed by atoms with Crippen LogP contribution in [0.1, 0.15) is 43.4 Å². The topological polar surface area (TPSA) is 37.4 Å². The number of hydrogen-bond acceptors (Lipinski definition) is 4. The van der Waals surface area contributed by atoms with Gasteiger partial charge in [0.2, 0.25) is 0 Å². The maximum Gasteiger partial charge on any atom is 0.132 e. The summed E-state index contributed by atoms with van der Waals surface area (Å²) in [4.78, 5) is 7.42. The van der Waals surface area contributed by atoms with Crippen LogP contribution in [0.2, 0.25) is 0 Å². The van der Waals surface area contributed by atoms with Gasteiger partial charge in [0.25, 0.3) is 0 Å². The molecular weight excluding hydrogens is 250 g/mol. The molecule has 20 heavy (non-hydrogen) atoms. The molecule has 1 atom stereocenters. The maximum absolute atomic E-state index is 5.57. The summed E-state index contributed by atoms with van der Waals surface area (Å²) < 4.78 is 5.57. The third-order valence-electron chi connectivity index (χ3n) is 4.30. The Labute approximate surface area is 121 Å². The van der Waals surface area contributed by atoms with Gasteiger partial charge in [-0.15, -0.1) is 0 Å². The molecule has 0 aromatic carbocycles. The highest BCUT2D eigenvalue weighted by Crippen LogP contribution is 2.33. The first-order chi connectivity index (χ1) is 9.75. The van der Waals surface area contributed by atoms with Gasteiger partial charge in [0.1, 0.15) is 5.82 Å². The molecule has 1 unspecified atom stereocenters. The van der Waals surface area contributed by atoms with Crippen LogP contribution in [-0.4, -0.2) is 44.4 Å². The van der Waals surface area contributed by atoms with Crippen molar-refractivity contribution in [3.63, 3.8) is 0 Å². The lowest BCUT2D eigenvalue weighted by molar-refractivity contribution is 0.194. The fourth-order valence-corrected chi connectivity index (χ4v) is 3.02. The minimum absolute atomic E-state index is 0.477. The Bertz CT molecular complexity index is 449. The molecule has 0 saturated carbocycles. The molecule has 1 N–H and O–H groups in total. The summed E-state index contributed by atoms with van der Waals surface area (Å²) in [5.74, 6) is 2.20. The van der Waals surface area contributed by atoms with Gasteiger partial charge in [-0.1, -0.05) is 19.9 Å². The predicted octanol–water partition coefficient (Wildman–Crippen LogP) is 2.12. The molecule has 0 spiro atoms. The van der Waals surface area contributed by atoms with Crippen LogP contribution >= 0.6 is 0 Å². The Balaban J connectivity index is 1.94. The average Bonchev–Trinajstić information content (AvgIpc) is 3.01. The van der Waals surface area contributed by atoms with Crippen LogP contribution in [0, 0.1) is 0 Å². The molecule has 2 aliphatic heterocycles. The van der Waals surface area contributed by atoms with Gasteiger partial charge in [-0.3, -0.25) is 0 Å². The van der Waals surface area contributed by atoms with E-state index in [1.807, 2.05) is 0 Å². The fourth-order valence-electron chi connectivity index (χ4n) is 3.02. The molecular formula is C16H25N3O. The van der Waals surface area contributed by atoms with Gasteiger partial charge in [-0.25, -0.2) is 4.98 Å². The average molecular weight is 275 g/mol. The zero-order valence-electron chi connectivity index (χ0n) is 12.6. The molecule has 2 saturated heterocycles. The molecule has 1 aromatic heterocycles. The number of anilines is 1. The van der Waals surface area contributed by atoms with E-state index in [-0.39, 0.29) is 0 Å². The number of aromatic nitrogens is 1. The number of pyridine rings is 1. The summed E-state index contributed by atoms with van der Waals surface area (Å²) in [6.45, 7) is 10.4. The minimum atomic E-state index is 0.477. The van der Waals surface area contributed by atoms with Crippen molar-refractivity contribution in [1.82, 2.24) is 10.3 Å². The van der Waals surface area contributed by atoms with E-state index in [1.165, 1.54) is 17.1 Å². The van der Waals surface area contributed by atoms with Crippen LogP contribution in [0.15, 0.2) is 12.1 Å². The van der Waals surface area contributed by atoms with Crippen molar-refractivity contribution >= 4 is 5.82 Å². The van der Waals surface area contributed by atoms with Crippen molar-refractivity contribution in [1.29, 1.82) is 0 Å². The van der Waals surface area contributed by atoms with Gasteiger partial charge in [0.05, 0.1) is 6.61 Å². The Morgan fingerprint density at radius 1 is 1.30 bits per heavy atom. The molecule has 2 fully saturated rings. The van der Waals surface area contributed by atoms with Crippen molar-refractivity contribution < 1.29 is 4.74 Å². The summed E-state index contributed by atoms with van der Waals surface area (Å²) in [6, 6.07) is 4.49. The molecule has 0 bridgehead atoms. The van der Waals surface area contributed by atoms with E-state index in [1.54, 1.807) is 0 Å². The lowest BCUT2D eigenvalue weighted by Crippen LogP contribution is -2.44. The summed E-state index contributed by atoms with van der Waals surface area (Å²) in [6.07, 6.45) is 1.13. The highest BCUT2D eigenvalue weighted by Gasteiger charge is 2.25. The van der Waals surface area contributed by atoms with E-state index < -0.39 is 0 Å². The van der Waals surface area contributed by atoms with E-state index in [0.29, 0.717) is 11.8 Å². The summed E-state index contributed by atoms with van der Waals surface area (Å²) in [5, 5.41) is 3.42. The lowest BCUT2D eigenvalue weighted by Gasteiger charge is -2.31. The number of rotatable bonds is 3. The van der Waals surface area contributed by atoms with Crippen LogP contribution < -0.4 is 10.2 Å². The predicted molar refractivity (Wildman–Crippen MR) is 81.6 cm³/mol. The second kappa shape index (κ2) is 6.10. The van der Waals surface area contributed by atoms with E-state index in [2.05, 4.69) is 36.2 Å². The highest BCUT2D eigenvalue weighted by molar-refractivity contribution is 5.51. The Morgan fingerprint density at radius 2 is 2.10 bits per heavy atom. The Hall–Kier alpha value is -1.13. The molecule has 110 valence electrons. The zero-order valence-corrected chi connectivity index (χ0v) is 12.6. The molecule has 2 aliphatic rings. The number of ether oxygens (including phenoxy) is 1. The summed E-state index contributed by atoms with van der Waals surface area (Å²) in [7, 11) is 0. The van der Waals surface area contributed by atoms with Gasteiger partial charge in [-0.05, 0) is 18.4 Å². The smallest absolute Gasteiger partial charge is 0.132 e. The van der Waals surface area contributed by atoms with Crippen LogP contribution in [-0.2, 0) is 4.74 Å². The summed E-state index contributed by atoms with van der Waals surface area (Å²) in [5.41, 5.74) is 2.58. The van der Waals surface area contributed by atoms with Gasteiger partial charge in [0, 0.05) is 50.0 Å². The number of hydrogen-bond donors (Lipinski definition) is 1. The molecule has 4 heteroatoms. The van der Waals surface area contributed by atoms with Crippen LogP contribution in [0.25, 0.3) is 0 Å². The van der Waals surface area contributed by atoms with Crippen LogP contribution in [0.4, 0.5) is 5.82 Å². The first-order valence-corrected chi connectivity index (χ1v) is 7.80. The standard InChI is InChI=1S/C16H25N3O/c1-12(2)15-4-3-14(13-5-10-20-11-13)16(18-15)19-8-6-17-7-9-19/h3-4,12-13,17H,5-11H2,1-2H3. The Morgan fingerprint density at radius 3 is 2.75 bits per heavy atom. The Kier molecular flexibility index (Phi) is 4.22. The van der Waals surface area contributed by atoms with Gasteiger partial charge < -0.3 is 15.0 Å². The second-order valence-corrected chi connectivity index (χ2v) is 6.10. The van der Waals surface area contributed by atoms with Crippen molar-refractivity contribution in [3.8, 4) is 0 Å². The first kappa shape index (κ1) is 13.8. The van der Waals surface area contributed by atoms with Crippen molar-refractivity contribution in [2.75, 3.05) is 44.3 Å². The lowest BCUT2D eigenvalue weighted by atomic mass is 9.97. The minimum Gasteiger partial charge on any atom is -0.381 e. The number of nitrogens with one attached hydrogen (secondary N) is 1. The molecule has 3 heterocycles. The maximum atomic E-state index is 5.57. The van der Waals surface area contributed by atoms with Gasteiger partial charge in [-0.2, -0.15) is 0 Å². The molecule has 0 aliphatic carbocycles. The second-order valence-electron chi connectivity index (χ2n) is 6.10. The third kappa shape index (κ3) is 2.81. The van der Waals surface area contributed by atoms with Crippen molar-refractivity contribution in [3.05, 3.63) is 23.4 Å². The van der Waals surface area contributed by atoms with Crippen LogP contribution in [0.5, 0.6) is 0 Å². The van der Waals surface area contributed by atoms with E-state index in [4.69, 9.17) is 9.72 Å². The normalized spacial score (nSPS) is 23.6. The molecule has 0 radical (unpaired) electrons. The van der Waals surface area contributed by atoms with E-state index >= 15 is 0 Å². The van der Waals surface area contributed by atoms with Crippen molar-refractivity contribution in [2.45, 2.75) is 32.1 Å². The molecule has 4 nitrogen and oxygen atoms in total. The van der Waals surface area contributed by atoms with Crippen LogP contribution in [0.3, 0.4) is 0 Å². The summed E-state index contributed by atoms with van der Waals surface area (Å²) >= 11 is 0. The third-order valence-corrected chi connectivity index (χ3v) is 4.30. The van der Waals surface area contributed by atoms with E-state index in [9.17, 15) is 0 Å².